The Balaban J connectivity index is 1.49. The maximum absolute atomic E-state index is 12.1. The summed E-state index contributed by atoms with van der Waals surface area (Å²) in [6, 6.07) is 16.1. The number of nitrogens with zero attached hydrogens (tertiary/aromatic N) is 1. The highest BCUT2D eigenvalue weighted by molar-refractivity contribution is 5.93. The number of carbonyl (C=O) groups excluding carboxylic acids is 2. The van der Waals surface area contributed by atoms with E-state index in [1.54, 1.807) is 0 Å². The van der Waals surface area contributed by atoms with Gasteiger partial charge in [-0.3, -0.25) is 9.59 Å². The molecule has 1 aliphatic rings. The first-order chi connectivity index (χ1) is 14.9. The van der Waals surface area contributed by atoms with Crippen LogP contribution in [0.1, 0.15) is 24.0 Å². The van der Waals surface area contributed by atoms with Crippen molar-refractivity contribution in [2.45, 2.75) is 12.8 Å². The molecule has 7 heteroatoms. The van der Waals surface area contributed by atoms with E-state index >= 15 is 0 Å². The van der Waals surface area contributed by atoms with Crippen molar-refractivity contribution < 1.29 is 24.2 Å². The van der Waals surface area contributed by atoms with Gasteiger partial charge in [-0.15, -0.1) is 0 Å². The minimum absolute atomic E-state index is 0.0318. The van der Waals surface area contributed by atoms with Gasteiger partial charge in [0.25, 0.3) is 5.91 Å². The highest BCUT2D eigenvalue weighted by Crippen LogP contribution is 2.44. The molecule has 1 unspecified atom stereocenters. The number of amides is 2. The third-order valence-electron chi connectivity index (χ3n) is 5.18. The molecule has 160 valence electrons. The Kier molecular flexibility index (Phi) is 6.93. The molecule has 0 saturated carbocycles. The first-order valence-corrected chi connectivity index (χ1v) is 9.94. The van der Waals surface area contributed by atoms with E-state index in [2.05, 4.69) is 29.3 Å². The molecule has 7 nitrogen and oxygen atoms in total. The van der Waals surface area contributed by atoms with E-state index in [-0.39, 0.29) is 25.6 Å². The molecule has 2 amide bonds. The van der Waals surface area contributed by atoms with Crippen LogP contribution >= 0.6 is 0 Å². The van der Waals surface area contributed by atoms with Crippen LogP contribution in [0.5, 0.6) is 0 Å². The van der Waals surface area contributed by atoms with Crippen LogP contribution in [0.15, 0.2) is 48.5 Å². The molecule has 0 aromatic heterocycles. The number of hydrogen-bond acceptors (Lipinski definition) is 4. The summed E-state index contributed by atoms with van der Waals surface area (Å²) in [5.41, 5.74) is 4.55. The third kappa shape index (κ3) is 5.23. The highest BCUT2D eigenvalue weighted by Gasteiger charge is 2.28. The molecule has 0 radical (unpaired) electrons. The average Bonchev–Trinajstić information content (AvgIpc) is 3.08. The monoisotopic (exact) mass is 420 g/mol. The van der Waals surface area contributed by atoms with Gasteiger partial charge >= 0.3 is 12.1 Å². The van der Waals surface area contributed by atoms with Crippen molar-refractivity contribution in [2.75, 3.05) is 26.7 Å². The molecule has 0 fully saturated rings. The lowest BCUT2D eigenvalue weighted by molar-refractivity contribution is -0.142. The van der Waals surface area contributed by atoms with Crippen molar-refractivity contribution in [3.63, 3.8) is 0 Å². The van der Waals surface area contributed by atoms with Gasteiger partial charge in [-0.2, -0.15) is 0 Å². The van der Waals surface area contributed by atoms with Gasteiger partial charge in [0, 0.05) is 19.5 Å². The van der Waals surface area contributed by atoms with Crippen LogP contribution in [0.2, 0.25) is 0 Å². The maximum atomic E-state index is 12.1. The minimum Gasteiger partial charge on any atom is -0.481 e. The molecule has 1 aliphatic carbocycles. The summed E-state index contributed by atoms with van der Waals surface area (Å²) in [4.78, 5) is 36.0. The van der Waals surface area contributed by atoms with Crippen LogP contribution in [-0.4, -0.2) is 54.7 Å². The zero-order valence-electron chi connectivity index (χ0n) is 17.4. The van der Waals surface area contributed by atoms with Gasteiger partial charge in [0.15, 0.2) is 0 Å². The molecule has 0 bridgehead atoms. The Labute approximate surface area is 181 Å². The lowest BCUT2D eigenvalue weighted by Crippen LogP contribution is -2.33. The van der Waals surface area contributed by atoms with Crippen molar-refractivity contribution in [3.8, 4) is 23.0 Å². The van der Waals surface area contributed by atoms with Crippen molar-refractivity contribution in [1.82, 2.24) is 10.2 Å². The highest BCUT2D eigenvalue weighted by atomic mass is 16.5. The molecule has 2 N–H and O–H groups in total. The molecule has 2 aromatic carbocycles. The lowest BCUT2D eigenvalue weighted by Gasteiger charge is -2.16. The minimum atomic E-state index is -0.982. The average molecular weight is 420 g/mol. The predicted octanol–water partition coefficient (Wildman–Crippen LogP) is 2.71. The largest absolute Gasteiger partial charge is 0.481 e. The predicted molar refractivity (Wildman–Crippen MR) is 115 cm³/mol. The topological polar surface area (TPSA) is 95.9 Å². The van der Waals surface area contributed by atoms with Crippen LogP contribution in [0.25, 0.3) is 11.1 Å². The van der Waals surface area contributed by atoms with Crippen LogP contribution in [0.4, 0.5) is 4.79 Å². The second-order valence-electron chi connectivity index (χ2n) is 7.41. The fourth-order valence-corrected chi connectivity index (χ4v) is 3.55. The molecule has 2 aromatic rings. The Morgan fingerprint density at radius 1 is 1.10 bits per heavy atom. The van der Waals surface area contributed by atoms with Crippen molar-refractivity contribution >= 4 is 18.0 Å². The number of ether oxygens (including phenoxy) is 1. The normalized spacial score (nSPS) is 12.6. The molecule has 0 spiro atoms. The molecular formula is C24H24N2O5. The maximum Gasteiger partial charge on any atom is 0.407 e. The van der Waals surface area contributed by atoms with E-state index in [0.717, 1.165) is 22.3 Å². The molecule has 3 rings (SSSR count). The number of nitrogens with one attached hydrogen (secondary N) is 1. The number of carboxylic acid groups (broad SMARTS) is 1. The van der Waals surface area contributed by atoms with E-state index in [1.165, 1.54) is 18.9 Å². The lowest BCUT2D eigenvalue weighted by atomic mass is 9.98. The van der Waals surface area contributed by atoms with Gasteiger partial charge in [-0.1, -0.05) is 61.4 Å². The number of fused-ring (bicyclic) bond motifs is 3. The van der Waals surface area contributed by atoms with Crippen LogP contribution in [-0.2, 0) is 14.3 Å². The molecular weight excluding hydrogens is 396 g/mol. The summed E-state index contributed by atoms with van der Waals surface area (Å²) in [6.45, 7) is 1.72. The van der Waals surface area contributed by atoms with Crippen LogP contribution < -0.4 is 5.32 Å². The fourth-order valence-electron chi connectivity index (χ4n) is 3.55. The third-order valence-corrected chi connectivity index (χ3v) is 5.18. The Morgan fingerprint density at radius 3 is 2.26 bits per heavy atom. The second kappa shape index (κ2) is 9.81. The molecule has 0 saturated heterocycles. The van der Waals surface area contributed by atoms with Crippen molar-refractivity contribution in [1.29, 1.82) is 0 Å². The van der Waals surface area contributed by atoms with Gasteiger partial charge in [-0.05, 0) is 28.2 Å². The first kappa shape index (κ1) is 21.9. The van der Waals surface area contributed by atoms with E-state index in [4.69, 9.17) is 9.84 Å². The Morgan fingerprint density at radius 2 is 1.68 bits per heavy atom. The standard InChI is InChI=1S/C24H24N2O5/c1-16(23(28)29)14-26(2)22(27)12-7-13-25-24(30)31-15-21-19-10-5-3-8-17(19)18-9-4-6-11-20(18)21/h3-6,8-11,16,21H,13-15H2,1-2H3,(H,25,30)(H,28,29). The van der Waals surface area contributed by atoms with E-state index in [1.807, 2.05) is 36.4 Å². The van der Waals surface area contributed by atoms with E-state index in [9.17, 15) is 14.4 Å². The summed E-state index contributed by atoms with van der Waals surface area (Å²) in [7, 11) is 1.48. The second-order valence-corrected chi connectivity index (χ2v) is 7.41. The number of rotatable bonds is 6. The zero-order valence-corrected chi connectivity index (χ0v) is 17.4. The number of carbonyl (C=O) groups is 3. The van der Waals surface area contributed by atoms with E-state index in [0.29, 0.717) is 0 Å². The fraction of sp³-hybridized carbons (Fsp3) is 0.292. The molecule has 0 aliphatic heterocycles. The van der Waals surface area contributed by atoms with Crippen molar-refractivity contribution in [2.24, 2.45) is 5.92 Å². The van der Waals surface area contributed by atoms with Gasteiger partial charge in [0.1, 0.15) is 6.61 Å². The van der Waals surface area contributed by atoms with Crippen LogP contribution in [0.3, 0.4) is 0 Å². The summed E-state index contributed by atoms with van der Waals surface area (Å²) in [5, 5.41) is 11.4. The van der Waals surface area contributed by atoms with Crippen LogP contribution in [0, 0.1) is 17.8 Å². The number of carboxylic acids is 1. The number of benzene rings is 2. The molecule has 1 atom stereocenters. The van der Waals surface area contributed by atoms with Gasteiger partial charge in [0.05, 0.1) is 12.5 Å². The number of alkyl carbamates (subject to hydrolysis) is 1. The van der Waals surface area contributed by atoms with Gasteiger partial charge in [0.2, 0.25) is 0 Å². The summed E-state index contributed by atoms with van der Waals surface area (Å²) in [5.74, 6) is 2.73. The molecule has 0 heterocycles. The van der Waals surface area contributed by atoms with Gasteiger partial charge < -0.3 is 20.1 Å². The summed E-state index contributed by atoms with van der Waals surface area (Å²) < 4.78 is 5.39. The number of hydrogen-bond donors (Lipinski definition) is 2. The Bertz CT molecular complexity index is 1010. The smallest absolute Gasteiger partial charge is 0.407 e. The zero-order chi connectivity index (χ0) is 22.4. The Hall–Kier alpha value is -3.79. The quantitative estimate of drug-likeness (QED) is 0.701. The molecule has 31 heavy (non-hydrogen) atoms. The summed E-state index contributed by atoms with van der Waals surface area (Å²) >= 11 is 0. The van der Waals surface area contributed by atoms with Gasteiger partial charge in [-0.25, -0.2) is 4.79 Å². The van der Waals surface area contributed by atoms with E-state index < -0.39 is 23.9 Å². The van der Waals surface area contributed by atoms with Crippen molar-refractivity contribution in [3.05, 3.63) is 59.7 Å². The number of aliphatic carboxylic acids is 1. The summed E-state index contributed by atoms with van der Waals surface area (Å²) in [6.07, 6.45) is -0.614. The first-order valence-electron chi connectivity index (χ1n) is 9.94. The SMILES string of the molecule is CC(CN(C)C(=O)C#CCNC(=O)OCC1c2ccccc2-c2ccccc21)C(=O)O.